The fourth-order valence-electron chi connectivity index (χ4n) is 3.13. The number of hydrazine groups is 1. The summed E-state index contributed by atoms with van der Waals surface area (Å²) in [5, 5.41) is 5.09. The van der Waals surface area contributed by atoms with Gasteiger partial charge in [0.05, 0.1) is 13.1 Å². The van der Waals surface area contributed by atoms with Crippen LogP contribution in [0.2, 0.25) is 5.02 Å². The zero-order valence-corrected chi connectivity index (χ0v) is 18.2. The number of hydrogen-bond acceptors (Lipinski definition) is 7. The van der Waals surface area contributed by atoms with E-state index < -0.39 is 12.5 Å². The Balaban J connectivity index is 1.95. The first-order valence-electron chi connectivity index (χ1n) is 9.75. The first-order valence-corrected chi connectivity index (χ1v) is 10.1. The Labute approximate surface area is 180 Å². The van der Waals surface area contributed by atoms with Crippen LogP contribution in [0.3, 0.4) is 0 Å². The van der Waals surface area contributed by atoms with Gasteiger partial charge < -0.3 is 16.0 Å². The van der Waals surface area contributed by atoms with E-state index in [1.807, 2.05) is 18.2 Å². The molecule has 0 unspecified atom stereocenters. The van der Waals surface area contributed by atoms with Crippen LogP contribution >= 0.6 is 11.6 Å². The van der Waals surface area contributed by atoms with Crippen molar-refractivity contribution in [1.29, 1.82) is 0 Å². The van der Waals surface area contributed by atoms with E-state index in [0.717, 1.165) is 5.56 Å². The number of nitrogens with two attached hydrogens (primary N) is 2. The van der Waals surface area contributed by atoms with Crippen molar-refractivity contribution in [1.82, 2.24) is 9.97 Å². The topological polar surface area (TPSA) is 96.3 Å². The van der Waals surface area contributed by atoms with Crippen molar-refractivity contribution in [2.45, 2.75) is 39.7 Å². The summed E-state index contributed by atoms with van der Waals surface area (Å²) in [5.74, 6) is 4.29. The molecule has 0 saturated carbocycles. The molecule has 1 aromatic carbocycles. The molecule has 0 atom stereocenters. The lowest BCUT2D eigenvalue weighted by atomic mass is 9.97. The molecule has 164 valence electrons. The van der Waals surface area contributed by atoms with Crippen LogP contribution < -0.4 is 26.8 Å². The number of hydrogen-bond donors (Lipinski definition) is 3. The van der Waals surface area contributed by atoms with Gasteiger partial charge in [-0.25, -0.2) is 14.6 Å². The lowest BCUT2D eigenvalue weighted by molar-refractivity contribution is 0.0257. The first-order chi connectivity index (χ1) is 14.0. The van der Waals surface area contributed by atoms with Crippen LogP contribution in [0.25, 0.3) is 0 Å². The number of nitrogen functional groups attached to an aromatic ring is 1. The number of halogens is 3. The van der Waals surface area contributed by atoms with Crippen LogP contribution in [0.1, 0.15) is 32.8 Å². The molecule has 3 rings (SSSR count). The second-order valence-corrected chi connectivity index (χ2v) is 9.18. The molecule has 5 N–H and O–H groups in total. The third kappa shape index (κ3) is 5.40. The van der Waals surface area contributed by atoms with Gasteiger partial charge in [0.1, 0.15) is 5.69 Å². The molecule has 2 heterocycles. The highest BCUT2D eigenvalue weighted by Crippen LogP contribution is 2.37. The van der Waals surface area contributed by atoms with E-state index in [4.69, 9.17) is 23.2 Å². The molecule has 0 aliphatic carbocycles. The van der Waals surface area contributed by atoms with Crippen molar-refractivity contribution in [3.63, 3.8) is 0 Å². The SMILES string of the molecule is CC(C)(C)CNc1nc(N(N)Cc2ccccc2Cl)c(N)c(N2CCC(F)(F)C2)n1. The molecule has 1 aromatic heterocycles. The summed E-state index contributed by atoms with van der Waals surface area (Å²) < 4.78 is 27.6. The molecule has 10 heteroatoms. The summed E-state index contributed by atoms with van der Waals surface area (Å²) >= 11 is 6.24. The monoisotopic (exact) mass is 439 g/mol. The molecule has 7 nitrogen and oxygen atoms in total. The molecule has 1 saturated heterocycles. The molecule has 1 aliphatic heterocycles. The third-order valence-electron chi connectivity index (χ3n) is 4.72. The van der Waals surface area contributed by atoms with E-state index >= 15 is 0 Å². The normalized spacial score (nSPS) is 16.0. The fraction of sp³-hybridized carbons (Fsp3) is 0.500. The van der Waals surface area contributed by atoms with Crippen LogP contribution in [-0.4, -0.2) is 35.5 Å². The van der Waals surface area contributed by atoms with Gasteiger partial charge in [-0.05, 0) is 17.0 Å². The van der Waals surface area contributed by atoms with Crippen LogP contribution in [0.15, 0.2) is 24.3 Å². The van der Waals surface area contributed by atoms with Crippen molar-refractivity contribution >= 4 is 34.9 Å². The minimum absolute atomic E-state index is 0.0360. The minimum Gasteiger partial charge on any atom is -0.393 e. The largest absolute Gasteiger partial charge is 0.393 e. The Morgan fingerprint density at radius 1 is 1.27 bits per heavy atom. The van der Waals surface area contributed by atoms with Gasteiger partial charge in [0.25, 0.3) is 5.92 Å². The van der Waals surface area contributed by atoms with Crippen molar-refractivity contribution in [3.8, 4) is 0 Å². The number of rotatable bonds is 6. The summed E-state index contributed by atoms with van der Waals surface area (Å²) in [6.45, 7) is 6.73. The summed E-state index contributed by atoms with van der Waals surface area (Å²) in [6.07, 6.45) is -0.248. The molecule has 0 bridgehead atoms. The number of alkyl halides is 2. The number of nitrogens with one attached hydrogen (secondary N) is 1. The smallest absolute Gasteiger partial charge is 0.266 e. The molecule has 0 spiro atoms. The maximum Gasteiger partial charge on any atom is 0.266 e. The molecular weight excluding hydrogens is 412 g/mol. The molecule has 1 aliphatic rings. The van der Waals surface area contributed by atoms with Gasteiger partial charge in [-0.2, -0.15) is 9.97 Å². The standard InChI is InChI=1S/C20H28ClF2N7/c1-19(2,3)11-26-18-27-16(29-9-8-20(22,23)12-29)15(24)17(28-18)30(25)10-13-6-4-5-7-14(13)21/h4-7H,8-12,24-25H2,1-3H3,(H,26,27,28). The van der Waals surface area contributed by atoms with E-state index in [1.54, 1.807) is 6.07 Å². The average Bonchev–Trinajstić information content (AvgIpc) is 3.01. The minimum atomic E-state index is -2.78. The molecule has 0 amide bonds. The zero-order chi connectivity index (χ0) is 22.1. The van der Waals surface area contributed by atoms with Gasteiger partial charge in [-0.1, -0.05) is 50.6 Å². The lowest BCUT2D eigenvalue weighted by Crippen LogP contribution is -2.34. The van der Waals surface area contributed by atoms with Gasteiger partial charge in [-0.15, -0.1) is 0 Å². The van der Waals surface area contributed by atoms with Gasteiger partial charge in [0.15, 0.2) is 11.6 Å². The quantitative estimate of drug-likeness (QED) is 0.464. The highest BCUT2D eigenvalue weighted by Gasteiger charge is 2.40. The summed E-state index contributed by atoms with van der Waals surface area (Å²) in [7, 11) is 0. The predicted molar refractivity (Wildman–Crippen MR) is 118 cm³/mol. The Bertz CT molecular complexity index is 901. The average molecular weight is 440 g/mol. The highest BCUT2D eigenvalue weighted by atomic mass is 35.5. The van der Waals surface area contributed by atoms with E-state index in [0.29, 0.717) is 11.6 Å². The molecule has 0 radical (unpaired) electrons. The van der Waals surface area contributed by atoms with Gasteiger partial charge in [0.2, 0.25) is 5.95 Å². The maximum absolute atomic E-state index is 13.8. The summed E-state index contributed by atoms with van der Waals surface area (Å²) in [5.41, 5.74) is 7.21. The Morgan fingerprint density at radius 3 is 2.57 bits per heavy atom. The second-order valence-electron chi connectivity index (χ2n) is 8.77. The van der Waals surface area contributed by atoms with Crippen molar-refractivity contribution in [2.75, 3.05) is 40.6 Å². The zero-order valence-electron chi connectivity index (χ0n) is 17.4. The highest BCUT2D eigenvalue weighted by molar-refractivity contribution is 6.31. The maximum atomic E-state index is 13.8. The Morgan fingerprint density at radius 2 is 1.97 bits per heavy atom. The van der Waals surface area contributed by atoms with Crippen molar-refractivity contribution in [3.05, 3.63) is 34.9 Å². The molecule has 2 aromatic rings. The van der Waals surface area contributed by atoms with Crippen LogP contribution in [0.5, 0.6) is 0 Å². The Hall–Kier alpha value is -2.39. The van der Waals surface area contributed by atoms with E-state index in [-0.39, 0.29) is 48.2 Å². The Kier molecular flexibility index (Phi) is 6.24. The number of nitrogens with zero attached hydrogens (tertiary/aromatic N) is 4. The lowest BCUT2D eigenvalue weighted by Gasteiger charge is -2.26. The predicted octanol–water partition coefficient (Wildman–Crippen LogP) is 3.90. The first kappa shape index (κ1) is 22.3. The van der Waals surface area contributed by atoms with E-state index in [9.17, 15) is 8.78 Å². The van der Waals surface area contributed by atoms with Gasteiger partial charge in [0, 0.05) is 24.5 Å². The van der Waals surface area contributed by atoms with E-state index in [1.165, 1.54) is 9.91 Å². The van der Waals surface area contributed by atoms with Crippen LogP contribution in [0, 0.1) is 5.41 Å². The van der Waals surface area contributed by atoms with Crippen LogP contribution in [0.4, 0.5) is 32.1 Å². The van der Waals surface area contributed by atoms with Crippen LogP contribution in [-0.2, 0) is 6.54 Å². The molecule has 30 heavy (non-hydrogen) atoms. The van der Waals surface area contributed by atoms with E-state index in [2.05, 4.69) is 36.1 Å². The summed E-state index contributed by atoms with van der Waals surface area (Å²) in [4.78, 5) is 10.4. The number of aromatic nitrogens is 2. The second kappa shape index (κ2) is 8.39. The van der Waals surface area contributed by atoms with Crippen molar-refractivity contribution < 1.29 is 8.78 Å². The molecule has 1 fully saturated rings. The number of anilines is 4. The number of benzene rings is 1. The van der Waals surface area contributed by atoms with Gasteiger partial charge in [-0.3, -0.25) is 5.01 Å². The third-order valence-corrected chi connectivity index (χ3v) is 5.09. The van der Waals surface area contributed by atoms with Crippen molar-refractivity contribution in [2.24, 2.45) is 11.3 Å². The summed E-state index contributed by atoms with van der Waals surface area (Å²) in [6, 6.07) is 7.29. The van der Waals surface area contributed by atoms with Gasteiger partial charge >= 0.3 is 0 Å². The fourth-order valence-corrected chi connectivity index (χ4v) is 3.33. The molecular formula is C20H28ClF2N7.